The third kappa shape index (κ3) is 4.09. The highest BCUT2D eigenvalue weighted by atomic mass is 79.9. The minimum atomic E-state index is 0.0166. The van der Waals surface area contributed by atoms with Gasteiger partial charge < -0.3 is 14.8 Å². The number of nitrogens with one attached hydrogen (secondary N) is 1. The SMILES string of the molecule is CCn1cc(Br)cc1C(=O)NCCN1CCC(C)CC1. The van der Waals surface area contributed by atoms with Gasteiger partial charge in [-0.25, -0.2) is 0 Å². The Morgan fingerprint density at radius 1 is 1.45 bits per heavy atom. The van der Waals surface area contributed by atoms with Crippen molar-refractivity contribution in [3.8, 4) is 0 Å². The normalized spacial score (nSPS) is 17.4. The first-order chi connectivity index (χ1) is 9.60. The van der Waals surface area contributed by atoms with Gasteiger partial charge in [0.25, 0.3) is 5.91 Å². The summed E-state index contributed by atoms with van der Waals surface area (Å²) < 4.78 is 2.91. The summed E-state index contributed by atoms with van der Waals surface area (Å²) >= 11 is 3.42. The van der Waals surface area contributed by atoms with E-state index >= 15 is 0 Å². The van der Waals surface area contributed by atoms with Crippen molar-refractivity contribution in [2.75, 3.05) is 26.2 Å². The zero-order valence-corrected chi connectivity index (χ0v) is 13.9. The number of nitrogens with zero attached hydrogens (tertiary/aromatic N) is 2. The van der Waals surface area contributed by atoms with E-state index in [2.05, 4.69) is 33.1 Å². The molecule has 20 heavy (non-hydrogen) atoms. The van der Waals surface area contributed by atoms with Crippen LogP contribution in [0.1, 0.15) is 37.2 Å². The van der Waals surface area contributed by atoms with Crippen molar-refractivity contribution < 1.29 is 4.79 Å². The smallest absolute Gasteiger partial charge is 0.267 e. The summed E-state index contributed by atoms with van der Waals surface area (Å²) in [6.45, 7) is 9.15. The van der Waals surface area contributed by atoms with E-state index in [0.29, 0.717) is 0 Å². The first-order valence-corrected chi connectivity index (χ1v) is 8.25. The fourth-order valence-electron chi connectivity index (χ4n) is 2.63. The van der Waals surface area contributed by atoms with Gasteiger partial charge in [0.1, 0.15) is 5.69 Å². The maximum Gasteiger partial charge on any atom is 0.267 e. The molecule has 0 unspecified atom stereocenters. The van der Waals surface area contributed by atoms with Crippen LogP contribution in [0.25, 0.3) is 0 Å². The van der Waals surface area contributed by atoms with Gasteiger partial charge in [0.2, 0.25) is 0 Å². The summed E-state index contributed by atoms with van der Waals surface area (Å²) in [6.07, 6.45) is 4.50. The maximum atomic E-state index is 12.2. The van der Waals surface area contributed by atoms with E-state index in [9.17, 15) is 4.79 Å². The van der Waals surface area contributed by atoms with E-state index in [1.54, 1.807) is 0 Å². The lowest BCUT2D eigenvalue weighted by Crippen LogP contribution is -2.39. The standard InChI is InChI=1S/C15H24BrN3O/c1-3-19-11-13(16)10-14(19)15(20)17-6-9-18-7-4-12(2)5-8-18/h10-12H,3-9H2,1-2H3,(H,17,20). The molecule has 0 bridgehead atoms. The van der Waals surface area contributed by atoms with Crippen LogP contribution < -0.4 is 5.32 Å². The molecule has 1 N–H and O–H groups in total. The fourth-order valence-corrected chi connectivity index (χ4v) is 3.09. The maximum absolute atomic E-state index is 12.2. The number of rotatable bonds is 5. The van der Waals surface area contributed by atoms with Gasteiger partial charge in [-0.15, -0.1) is 0 Å². The second kappa shape index (κ2) is 7.27. The molecular formula is C15H24BrN3O. The van der Waals surface area contributed by atoms with Crippen molar-refractivity contribution in [1.29, 1.82) is 0 Å². The zero-order chi connectivity index (χ0) is 14.5. The minimum Gasteiger partial charge on any atom is -0.349 e. The Bertz CT molecular complexity index is 450. The van der Waals surface area contributed by atoms with Crippen LogP contribution in [-0.4, -0.2) is 41.6 Å². The topological polar surface area (TPSA) is 37.3 Å². The van der Waals surface area contributed by atoms with E-state index in [1.165, 1.54) is 12.8 Å². The average Bonchev–Trinajstić information content (AvgIpc) is 2.82. The van der Waals surface area contributed by atoms with Gasteiger partial charge in [-0.3, -0.25) is 4.79 Å². The molecule has 2 rings (SSSR count). The number of aryl methyl sites for hydroxylation is 1. The predicted molar refractivity (Wildman–Crippen MR) is 85.0 cm³/mol. The van der Waals surface area contributed by atoms with Gasteiger partial charge in [-0.2, -0.15) is 0 Å². The van der Waals surface area contributed by atoms with Crippen LogP contribution in [0.2, 0.25) is 0 Å². The fraction of sp³-hybridized carbons (Fsp3) is 0.667. The molecule has 112 valence electrons. The Hall–Kier alpha value is -0.810. The number of amides is 1. The molecule has 0 atom stereocenters. The van der Waals surface area contributed by atoms with Crippen LogP contribution in [0.5, 0.6) is 0 Å². The molecule has 0 aromatic carbocycles. The molecule has 1 aliphatic rings. The van der Waals surface area contributed by atoms with Gasteiger partial charge in [-0.1, -0.05) is 6.92 Å². The lowest BCUT2D eigenvalue weighted by molar-refractivity contribution is 0.0935. The molecule has 5 heteroatoms. The lowest BCUT2D eigenvalue weighted by atomic mass is 9.99. The van der Waals surface area contributed by atoms with E-state index in [-0.39, 0.29) is 5.91 Å². The van der Waals surface area contributed by atoms with Crippen LogP contribution in [0.15, 0.2) is 16.7 Å². The van der Waals surface area contributed by atoms with Gasteiger partial charge >= 0.3 is 0 Å². The number of hydrogen-bond acceptors (Lipinski definition) is 2. The highest BCUT2D eigenvalue weighted by Gasteiger charge is 2.16. The molecule has 1 aromatic rings. The van der Waals surface area contributed by atoms with Crippen LogP contribution in [0, 0.1) is 5.92 Å². The van der Waals surface area contributed by atoms with E-state index in [4.69, 9.17) is 0 Å². The second-order valence-corrected chi connectivity index (χ2v) is 6.53. The van der Waals surface area contributed by atoms with E-state index < -0.39 is 0 Å². The Morgan fingerprint density at radius 2 is 2.15 bits per heavy atom. The van der Waals surface area contributed by atoms with Gasteiger partial charge in [0.05, 0.1) is 0 Å². The summed E-state index contributed by atoms with van der Waals surface area (Å²) in [4.78, 5) is 14.6. The summed E-state index contributed by atoms with van der Waals surface area (Å²) in [6, 6.07) is 1.88. The van der Waals surface area contributed by atoms with E-state index in [1.807, 2.05) is 23.8 Å². The number of piperidine rings is 1. The lowest BCUT2D eigenvalue weighted by Gasteiger charge is -2.30. The van der Waals surface area contributed by atoms with Gasteiger partial charge in [0.15, 0.2) is 0 Å². The molecule has 1 aromatic heterocycles. The van der Waals surface area contributed by atoms with Crippen LogP contribution in [0.4, 0.5) is 0 Å². The number of halogens is 1. The number of hydrogen-bond donors (Lipinski definition) is 1. The Labute approximate surface area is 129 Å². The number of likely N-dealkylation sites (tertiary alicyclic amines) is 1. The summed E-state index contributed by atoms with van der Waals surface area (Å²) in [7, 11) is 0. The molecule has 1 amide bonds. The summed E-state index contributed by atoms with van der Waals surface area (Å²) in [5, 5.41) is 3.02. The third-order valence-corrected chi connectivity index (χ3v) is 4.46. The van der Waals surface area contributed by atoms with Crippen molar-refractivity contribution in [3.05, 3.63) is 22.4 Å². The minimum absolute atomic E-state index is 0.0166. The molecule has 0 aliphatic carbocycles. The first-order valence-electron chi connectivity index (χ1n) is 7.46. The molecule has 0 radical (unpaired) electrons. The summed E-state index contributed by atoms with van der Waals surface area (Å²) in [5.41, 5.74) is 0.728. The monoisotopic (exact) mass is 341 g/mol. The second-order valence-electron chi connectivity index (χ2n) is 5.61. The Morgan fingerprint density at radius 3 is 2.80 bits per heavy atom. The molecule has 2 heterocycles. The Balaban J connectivity index is 1.77. The van der Waals surface area contributed by atoms with Crippen molar-refractivity contribution in [2.24, 2.45) is 5.92 Å². The highest BCUT2D eigenvalue weighted by molar-refractivity contribution is 9.10. The van der Waals surface area contributed by atoms with E-state index in [0.717, 1.165) is 48.8 Å². The van der Waals surface area contributed by atoms with Crippen molar-refractivity contribution in [2.45, 2.75) is 33.2 Å². The number of aromatic nitrogens is 1. The quantitative estimate of drug-likeness (QED) is 0.893. The molecule has 4 nitrogen and oxygen atoms in total. The van der Waals surface area contributed by atoms with Gasteiger partial charge in [-0.05, 0) is 60.8 Å². The van der Waals surface area contributed by atoms with Crippen molar-refractivity contribution in [1.82, 2.24) is 14.8 Å². The van der Waals surface area contributed by atoms with Gasteiger partial charge in [0, 0.05) is 30.3 Å². The third-order valence-electron chi connectivity index (χ3n) is 4.03. The number of carbonyl (C=O) groups excluding carboxylic acids is 1. The first kappa shape index (κ1) is 15.6. The molecule has 0 saturated carbocycles. The highest BCUT2D eigenvalue weighted by Crippen LogP contribution is 2.16. The summed E-state index contributed by atoms with van der Waals surface area (Å²) in [5.74, 6) is 0.869. The molecular weight excluding hydrogens is 318 g/mol. The molecule has 0 spiro atoms. The van der Waals surface area contributed by atoms with Crippen molar-refractivity contribution in [3.63, 3.8) is 0 Å². The molecule has 1 fully saturated rings. The van der Waals surface area contributed by atoms with Crippen LogP contribution in [0.3, 0.4) is 0 Å². The van der Waals surface area contributed by atoms with Crippen molar-refractivity contribution >= 4 is 21.8 Å². The van der Waals surface area contributed by atoms with Crippen LogP contribution >= 0.6 is 15.9 Å². The average molecular weight is 342 g/mol. The van der Waals surface area contributed by atoms with Crippen LogP contribution in [-0.2, 0) is 6.54 Å². The molecule has 1 aliphatic heterocycles. The number of carbonyl (C=O) groups is 1. The zero-order valence-electron chi connectivity index (χ0n) is 12.4. The largest absolute Gasteiger partial charge is 0.349 e. The molecule has 1 saturated heterocycles. The predicted octanol–water partition coefficient (Wildman–Crippen LogP) is 2.73. The Kier molecular flexibility index (Phi) is 5.66.